The Morgan fingerprint density at radius 2 is 1.96 bits per heavy atom. The molecule has 0 fully saturated rings. The zero-order chi connectivity index (χ0) is 16.7. The van der Waals surface area contributed by atoms with Crippen molar-refractivity contribution in [3.05, 3.63) is 53.5 Å². The molecule has 1 heterocycles. The number of unbranched alkanes of at least 4 members (excludes halogenated alkanes) is 1. The van der Waals surface area contributed by atoms with Crippen molar-refractivity contribution in [2.24, 2.45) is 0 Å². The minimum atomic E-state index is -0.140. The number of amides is 1. The van der Waals surface area contributed by atoms with E-state index in [4.69, 9.17) is 0 Å². The molecule has 0 bridgehead atoms. The lowest BCUT2D eigenvalue weighted by atomic mass is 10.2. The van der Waals surface area contributed by atoms with Gasteiger partial charge in [0.2, 0.25) is 0 Å². The van der Waals surface area contributed by atoms with Gasteiger partial charge in [-0.3, -0.25) is 4.79 Å². The molecule has 2 rings (SSSR count). The molecule has 1 amide bonds. The SMILES string of the molecule is CCCCNC(=O)c1cc(N(C)Cc2ccccc2)nc(C)n1. The predicted molar refractivity (Wildman–Crippen MR) is 92.6 cm³/mol. The van der Waals surface area contributed by atoms with Gasteiger partial charge in [0.05, 0.1) is 0 Å². The van der Waals surface area contributed by atoms with Crippen molar-refractivity contribution in [1.82, 2.24) is 15.3 Å². The maximum Gasteiger partial charge on any atom is 0.270 e. The molecule has 5 heteroatoms. The van der Waals surface area contributed by atoms with Crippen molar-refractivity contribution in [2.45, 2.75) is 33.2 Å². The Balaban J connectivity index is 2.11. The number of carbonyl (C=O) groups is 1. The average molecular weight is 312 g/mol. The van der Waals surface area contributed by atoms with E-state index in [2.05, 4.69) is 34.3 Å². The predicted octanol–water partition coefficient (Wildman–Crippen LogP) is 2.95. The Morgan fingerprint density at radius 1 is 1.22 bits per heavy atom. The van der Waals surface area contributed by atoms with E-state index in [0.717, 1.165) is 25.2 Å². The first-order chi connectivity index (χ1) is 11.1. The minimum absolute atomic E-state index is 0.140. The third-order valence-corrected chi connectivity index (χ3v) is 3.53. The van der Waals surface area contributed by atoms with Crippen LogP contribution in [-0.4, -0.2) is 29.5 Å². The Labute approximate surface area is 137 Å². The third kappa shape index (κ3) is 5.06. The van der Waals surface area contributed by atoms with Gasteiger partial charge in [0.25, 0.3) is 5.91 Å². The second kappa shape index (κ2) is 8.27. The first kappa shape index (κ1) is 16.9. The fourth-order valence-electron chi connectivity index (χ4n) is 2.27. The van der Waals surface area contributed by atoms with E-state index in [1.807, 2.05) is 37.1 Å². The van der Waals surface area contributed by atoms with Crippen LogP contribution in [0.15, 0.2) is 36.4 Å². The molecular weight excluding hydrogens is 288 g/mol. The lowest BCUT2D eigenvalue weighted by Crippen LogP contribution is -2.26. The highest BCUT2D eigenvalue weighted by Crippen LogP contribution is 2.14. The summed E-state index contributed by atoms with van der Waals surface area (Å²) in [5, 5.41) is 2.90. The lowest BCUT2D eigenvalue weighted by molar-refractivity contribution is 0.0948. The van der Waals surface area contributed by atoms with E-state index in [-0.39, 0.29) is 5.91 Å². The zero-order valence-electron chi connectivity index (χ0n) is 14.0. The van der Waals surface area contributed by atoms with Crippen LogP contribution in [0.1, 0.15) is 41.6 Å². The monoisotopic (exact) mass is 312 g/mol. The zero-order valence-corrected chi connectivity index (χ0v) is 14.0. The third-order valence-electron chi connectivity index (χ3n) is 3.53. The lowest BCUT2D eigenvalue weighted by Gasteiger charge is -2.19. The number of carbonyl (C=O) groups excluding carboxylic acids is 1. The number of anilines is 1. The number of benzene rings is 1. The quantitative estimate of drug-likeness (QED) is 0.799. The molecule has 0 saturated carbocycles. The van der Waals surface area contributed by atoms with E-state index in [1.54, 1.807) is 6.07 Å². The Bertz CT molecular complexity index is 643. The van der Waals surface area contributed by atoms with Crippen LogP contribution in [-0.2, 0) is 6.54 Å². The summed E-state index contributed by atoms with van der Waals surface area (Å²) < 4.78 is 0. The number of hydrogen-bond acceptors (Lipinski definition) is 4. The van der Waals surface area contributed by atoms with Crippen LogP contribution < -0.4 is 10.2 Å². The number of rotatable bonds is 7. The van der Waals surface area contributed by atoms with Crippen molar-refractivity contribution in [2.75, 3.05) is 18.5 Å². The van der Waals surface area contributed by atoms with Gasteiger partial charge in [-0.25, -0.2) is 9.97 Å². The highest BCUT2D eigenvalue weighted by Gasteiger charge is 2.12. The van der Waals surface area contributed by atoms with Gasteiger partial charge in [0, 0.05) is 26.2 Å². The average Bonchev–Trinajstić information content (AvgIpc) is 2.55. The van der Waals surface area contributed by atoms with Gasteiger partial charge in [-0.05, 0) is 18.9 Å². The molecule has 122 valence electrons. The van der Waals surface area contributed by atoms with Crippen LogP contribution in [0.25, 0.3) is 0 Å². The molecule has 0 unspecified atom stereocenters. The smallest absolute Gasteiger partial charge is 0.270 e. The summed E-state index contributed by atoms with van der Waals surface area (Å²) in [6.45, 7) is 5.31. The normalized spacial score (nSPS) is 10.4. The van der Waals surface area contributed by atoms with Crippen LogP contribution in [0.3, 0.4) is 0 Å². The Hall–Kier alpha value is -2.43. The number of hydrogen-bond donors (Lipinski definition) is 1. The summed E-state index contributed by atoms with van der Waals surface area (Å²) >= 11 is 0. The molecule has 0 radical (unpaired) electrons. The van der Waals surface area contributed by atoms with E-state index in [1.165, 1.54) is 5.56 Å². The number of aromatic nitrogens is 2. The van der Waals surface area contributed by atoms with Crippen molar-refractivity contribution < 1.29 is 4.79 Å². The van der Waals surface area contributed by atoms with Gasteiger partial charge in [-0.15, -0.1) is 0 Å². The van der Waals surface area contributed by atoms with Gasteiger partial charge in [0.1, 0.15) is 17.3 Å². The number of aryl methyl sites for hydroxylation is 1. The van der Waals surface area contributed by atoms with Crippen molar-refractivity contribution in [3.63, 3.8) is 0 Å². The molecule has 0 aliphatic heterocycles. The van der Waals surface area contributed by atoms with Gasteiger partial charge < -0.3 is 10.2 Å². The first-order valence-corrected chi connectivity index (χ1v) is 7.99. The molecule has 5 nitrogen and oxygen atoms in total. The first-order valence-electron chi connectivity index (χ1n) is 7.99. The molecule has 2 aromatic rings. The topological polar surface area (TPSA) is 58.1 Å². The highest BCUT2D eigenvalue weighted by molar-refractivity contribution is 5.92. The molecule has 0 spiro atoms. The summed E-state index contributed by atoms with van der Waals surface area (Å²) in [7, 11) is 1.97. The largest absolute Gasteiger partial charge is 0.355 e. The Kier molecular flexibility index (Phi) is 6.09. The molecule has 0 saturated heterocycles. The minimum Gasteiger partial charge on any atom is -0.355 e. The van der Waals surface area contributed by atoms with Crippen LogP contribution >= 0.6 is 0 Å². The maximum atomic E-state index is 12.2. The van der Waals surface area contributed by atoms with E-state index >= 15 is 0 Å². The maximum absolute atomic E-state index is 12.2. The second-order valence-corrected chi connectivity index (χ2v) is 5.61. The standard InChI is InChI=1S/C18H24N4O/c1-4-5-11-19-18(23)16-12-17(21-14(2)20-16)22(3)13-15-9-7-6-8-10-15/h6-10,12H,4-5,11,13H2,1-3H3,(H,19,23). The van der Waals surface area contributed by atoms with Gasteiger partial charge >= 0.3 is 0 Å². The van der Waals surface area contributed by atoms with Gasteiger partial charge in [-0.1, -0.05) is 43.7 Å². The van der Waals surface area contributed by atoms with Gasteiger partial charge in [0.15, 0.2) is 0 Å². The molecule has 0 aliphatic rings. The summed E-state index contributed by atoms with van der Waals surface area (Å²) in [6.07, 6.45) is 2.02. The molecular formula is C18H24N4O. The van der Waals surface area contributed by atoms with E-state index < -0.39 is 0 Å². The number of nitrogens with one attached hydrogen (secondary N) is 1. The van der Waals surface area contributed by atoms with Crippen LogP contribution in [0, 0.1) is 6.92 Å². The molecule has 23 heavy (non-hydrogen) atoms. The molecule has 0 aliphatic carbocycles. The number of nitrogens with zero attached hydrogens (tertiary/aromatic N) is 3. The molecule has 0 atom stereocenters. The summed E-state index contributed by atoms with van der Waals surface area (Å²) in [5.74, 6) is 1.21. The molecule has 1 aromatic heterocycles. The van der Waals surface area contributed by atoms with Crippen molar-refractivity contribution >= 4 is 11.7 Å². The van der Waals surface area contributed by atoms with Crippen molar-refractivity contribution in [1.29, 1.82) is 0 Å². The summed E-state index contributed by atoms with van der Waals surface area (Å²) in [6, 6.07) is 11.9. The van der Waals surface area contributed by atoms with Crippen molar-refractivity contribution in [3.8, 4) is 0 Å². The fourth-order valence-corrected chi connectivity index (χ4v) is 2.27. The molecule has 1 N–H and O–H groups in total. The van der Waals surface area contributed by atoms with E-state index in [0.29, 0.717) is 18.1 Å². The highest BCUT2D eigenvalue weighted by atomic mass is 16.1. The summed E-state index contributed by atoms with van der Waals surface area (Å²) in [5.41, 5.74) is 1.61. The van der Waals surface area contributed by atoms with Gasteiger partial charge in [-0.2, -0.15) is 0 Å². The van der Waals surface area contributed by atoms with Crippen LogP contribution in [0.4, 0.5) is 5.82 Å². The molecule has 1 aromatic carbocycles. The van der Waals surface area contributed by atoms with Crippen LogP contribution in [0.2, 0.25) is 0 Å². The summed E-state index contributed by atoms with van der Waals surface area (Å²) in [4.78, 5) is 22.9. The second-order valence-electron chi connectivity index (χ2n) is 5.61. The van der Waals surface area contributed by atoms with E-state index in [9.17, 15) is 4.79 Å². The Morgan fingerprint density at radius 3 is 2.65 bits per heavy atom. The van der Waals surface area contributed by atoms with Crippen LogP contribution in [0.5, 0.6) is 0 Å². The fraction of sp³-hybridized carbons (Fsp3) is 0.389.